The monoisotopic (exact) mass is 185 g/mol. The molecular weight excluding hydrogens is 162 g/mol. The fraction of sp³-hybridized carbons (Fsp3) is 1.00. The first-order valence-electron chi connectivity index (χ1n) is 5.38. The van der Waals surface area contributed by atoms with E-state index in [4.69, 9.17) is 0 Å². The van der Waals surface area contributed by atoms with Crippen molar-refractivity contribution in [1.82, 2.24) is 5.32 Å². The molecule has 0 amide bonds. The van der Waals surface area contributed by atoms with E-state index in [2.05, 4.69) is 26.1 Å². The highest BCUT2D eigenvalue weighted by molar-refractivity contribution is 4.80. The summed E-state index contributed by atoms with van der Waals surface area (Å²) in [7, 11) is 0. The van der Waals surface area contributed by atoms with Crippen molar-refractivity contribution < 1.29 is 5.11 Å². The molecule has 0 aromatic rings. The molecule has 0 aliphatic carbocycles. The molecule has 1 rings (SSSR count). The van der Waals surface area contributed by atoms with Gasteiger partial charge in [-0.2, -0.15) is 0 Å². The zero-order valence-corrected chi connectivity index (χ0v) is 9.14. The summed E-state index contributed by atoms with van der Waals surface area (Å²) in [5.41, 5.74) is 0.441. The SMILES string of the molecule is CC(C)(C)CCC[C@@H]1CNC[C@H]1O. The van der Waals surface area contributed by atoms with Crippen molar-refractivity contribution in [3.05, 3.63) is 0 Å². The quantitative estimate of drug-likeness (QED) is 0.702. The zero-order valence-electron chi connectivity index (χ0n) is 9.14. The number of rotatable bonds is 3. The molecule has 13 heavy (non-hydrogen) atoms. The van der Waals surface area contributed by atoms with Crippen molar-refractivity contribution >= 4 is 0 Å². The highest BCUT2D eigenvalue weighted by Gasteiger charge is 2.24. The van der Waals surface area contributed by atoms with Crippen molar-refractivity contribution in [3.63, 3.8) is 0 Å². The van der Waals surface area contributed by atoms with Crippen LogP contribution in [0.3, 0.4) is 0 Å². The topological polar surface area (TPSA) is 32.3 Å². The molecule has 2 nitrogen and oxygen atoms in total. The second-order valence-electron chi connectivity index (χ2n) is 5.44. The number of hydrogen-bond donors (Lipinski definition) is 2. The van der Waals surface area contributed by atoms with E-state index in [1.807, 2.05) is 0 Å². The minimum atomic E-state index is -0.0973. The molecule has 2 N–H and O–H groups in total. The van der Waals surface area contributed by atoms with Crippen LogP contribution in [0.1, 0.15) is 40.0 Å². The fourth-order valence-corrected chi connectivity index (χ4v) is 1.91. The van der Waals surface area contributed by atoms with Crippen LogP contribution in [-0.4, -0.2) is 24.3 Å². The lowest BCUT2D eigenvalue weighted by atomic mass is 9.87. The molecule has 1 aliphatic heterocycles. The van der Waals surface area contributed by atoms with Crippen LogP contribution in [0, 0.1) is 11.3 Å². The Balaban J connectivity index is 2.12. The average Bonchev–Trinajstić information content (AvgIpc) is 2.34. The van der Waals surface area contributed by atoms with E-state index in [0.29, 0.717) is 11.3 Å². The third-order valence-electron chi connectivity index (χ3n) is 2.81. The molecule has 1 fully saturated rings. The van der Waals surface area contributed by atoms with E-state index < -0.39 is 0 Å². The predicted molar refractivity (Wildman–Crippen MR) is 55.7 cm³/mol. The Morgan fingerprint density at radius 1 is 1.31 bits per heavy atom. The van der Waals surface area contributed by atoms with Gasteiger partial charge < -0.3 is 10.4 Å². The molecule has 0 bridgehead atoms. The lowest BCUT2D eigenvalue weighted by molar-refractivity contribution is 0.139. The van der Waals surface area contributed by atoms with Crippen LogP contribution in [-0.2, 0) is 0 Å². The Hall–Kier alpha value is -0.0800. The number of hydrogen-bond acceptors (Lipinski definition) is 2. The van der Waals surface area contributed by atoms with E-state index in [1.165, 1.54) is 19.3 Å². The highest BCUT2D eigenvalue weighted by atomic mass is 16.3. The summed E-state index contributed by atoms with van der Waals surface area (Å²) >= 11 is 0. The maximum atomic E-state index is 9.56. The van der Waals surface area contributed by atoms with Crippen LogP contribution in [0.15, 0.2) is 0 Å². The summed E-state index contributed by atoms with van der Waals surface area (Å²) in [5.74, 6) is 0.502. The predicted octanol–water partition coefficient (Wildman–Crippen LogP) is 1.78. The van der Waals surface area contributed by atoms with E-state index in [9.17, 15) is 5.11 Å². The summed E-state index contributed by atoms with van der Waals surface area (Å²) in [6.07, 6.45) is 3.58. The lowest BCUT2D eigenvalue weighted by Gasteiger charge is -2.19. The summed E-state index contributed by atoms with van der Waals surface area (Å²) < 4.78 is 0. The molecular formula is C11H23NO. The van der Waals surface area contributed by atoms with Crippen LogP contribution in [0.5, 0.6) is 0 Å². The summed E-state index contributed by atoms with van der Waals surface area (Å²) in [5, 5.41) is 12.8. The third kappa shape index (κ3) is 4.10. The van der Waals surface area contributed by atoms with Crippen molar-refractivity contribution in [2.75, 3.05) is 13.1 Å². The van der Waals surface area contributed by atoms with Crippen molar-refractivity contribution in [3.8, 4) is 0 Å². The number of aliphatic hydroxyl groups is 1. The van der Waals surface area contributed by atoms with Crippen LogP contribution in [0.4, 0.5) is 0 Å². The second kappa shape index (κ2) is 4.43. The van der Waals surface area contributed by atoms with Gasteiger partial charge in [-0.1, -0.05) is 27.2 Å². The van der Waals surface area contributed by atoms with Crippen LogP contribution < -0.4 is 5.32 Å². The molecule has 1 heterocycles. The van der Waals surface area contributed by atoms with Gasteiger partial charge >= 0.3 is 0 Å². The Labute approximate surface area is 81.7 Å². The third-order valence-corrected chi connectivity index (χ3v) is 2.81. The van der Waals surface area contributed by atoms with Gasteiger partial charge in [0.25, 0.3) is 0 Å². The lowest BCUT2D eigenvalue weighted by Crippen LogP contribution is -2.18. The fourth-order valence-electron chi connectivity index (χ4n) is 1.91. The Bertz CT molecular complexity index is 151. The maximum Gasteiger partial charge on any atom is 0.0704 e. The molecule has 1 saturated heterocycles. The first-order chi connectivity index (χ1) is 5.99. The van der Waals surface area contributed by atoms with Gasteiger partial charge in [0.2, 0.25) is 0 Å². The summed E-state index contributed by atoms with van der Waals surface area (Å²) in [4.78, 5) is 0. The van der Waals surface area contributed by atoms with Gasteiger partial charge in [-0.15, -0.1) is 0 Å². The molecule has 0 radical (unpaired) electrons. The number of aliphatic hydroxyl groups excluding tert-OH is 1. The smallest absolute Gasteiger partial charge is 0.0704 e. The molecule has 78 valence electrons. The van der Waals surface area contributed by atoms with Gasteiger partial charge in [0, 0.05) is 13.1 Å². The molecule has 2 atom stereocenters. The standard InChI is InChI=1S/C11H23NO/c1-11(2,3)6-4-5-9-7-12-8-10(9)13/h9-10,12-13H,4-8H2,1-3H3/t9-,10-/m1/s1. The summed E-state index contributed by atoms with van der Waals surface area (Å²) in [6.45, 7) is 8.62. The summed E-state index contributed by atoms with van der Waals surface area (Å²) in [6, 6.07) is 0. The van der Waals surface area contributed by atoms with Gasteiger partial charge in [-0.05, 0) is 24.2 Å². The average molecular weight is 185 g/mol. The zero-order chi connectivity index (χ0) is 9.90. The first-order valence-corrected chi connectivity index (χ1v) is 5.38. The van der Waals surface area contributed by atoms with Crippen LogP contribution in [0.25, 0.3) is 0 Å². The Morgan fingerprint density at radius 3 is 2.46 bits per heavy atom. The Morgan fingerprint density at radius 2 is 2.00 bits per heavy atom. The van der Waals surface area contributed by atoms with Crippen LogP contribution >= 0.6 is 0 Å². The molecule has 0 aromatic carbocycles. The van der Waals surface area contributed by atoms with E-state index >= 15 is 0 Å². The first kappa shape index (κ1) is 11.0. The normalized spacial score (nSPS) is 29.5. The molecule has 0 saturated carbocycles. The van der Waals surface area contributed by atoms with Gasteiger partial charge in [-0.3, -0.25) is 0 Å². The van der Waals surface area contributed by atoms with Crippen LogP contribution in [0.2, 0.25) is 0 Å². The van der Waals surface area contributed by atoms with E-state index in [1.54, 1.807) is 0 Å². The van der Waals surface area contributed by atoms with Gasteiger partial charge in [0.05, 0.1) is 6.10 Å². The number of nitrogens with one attached hydrogen (secondary N) is 1. The van der Waals surface area contributed by atoms with Crippen molar-refractivity contribution in [1.29, 1.82) is 0 Å². The molecule has 0 aromatic heterocycles. The molecule has 2 heteroatoms. The van der Waals surface area contributed by atoms with Gasteiger partial charge in [-0.25, -0.2) is 0 Å². The van der Waals surface area contributed by atoms with Gasteiger partial charge in [0.1, 0.15) is 0 Å². The van der Waals surface area contributed by atoms with Crippen molar-refractivity contribution in [2.45, 2.75) is 46.1 Å². The minimum absolute atomic E-state index is 0.0973. The largest absolute Gasteiger partial charge is 0.391 e. The molecule has 0 unspecified atom stereocenters. The Kier molecular flexibility index (Phi) is 3.74. The van der Waals surface area contributed by atoms with E-state index in [0.717, 1.165) is 13.1 Å². The van der Waals surface area contributed by atoms with E-state index in [-0.39, 0.29) is 6.10 Å². The highest BCUT2D eigenvalue weighted by Crippen LogP contribution is 2.24. The second-order valence-corrected chi connectivity index (χ2v) is 5.44. The molecule has 1 aliphatic rings. The molecule has 0 spiro atoms. The minimum Gasteiger partial charge on any atom is -0.391 e. The maximum absolute atomic E-state index is 9.56. The van der Waals surface area contributed by atoms with Gasteiger partial charge in [0.15, 0.2) is 0 Å². The van der Waals surface area contributed by atoms with Crippen molar-refractivity contribution in [2.24, 2.45) is 11.3 Å². The number of β-amino-alcohol motifs (C(OH)–C–C–N with tert-alkyl or cyclic N) is 1.